The number of aromatic nitrogens is 4. The van der Waals surface area contributed by atoms with E-state index in [2.05, 4.69) is 34.2 Å². The molecule has 1 fully saturated rings. The van der Waals surface area contributed by atoms with Gasteiger partial charge in [0.25, 0.3) is 5.91 Å². The van der Waals surface area contributed by atoms with E-state index in [9.17, 15) is 4.79 Å². The van der Waals surface area contributed by atoms with E-state index >= 15 is 0 Å². The fraction of sp³-hybridized carbons (Fsp3) is 0.368. The minimum atomic E-state index is 0.0691. The zero-order chi connectivity index (χ0) is 17.9. The van der Waals surface area contributed by atoms with Gasteiger partial charge in [0.1, 0.15) is 18.5 Å². The van der Waals surface area contributed by atoms with Crippen LogP contribution in [0.25, 0.3) is 5.82 Å². The molecule has 0 atom stereocenters. The lowest BCUT2D eigenvalue weighted by molar-refractivity contribution is 0.0666. The van der Waals surface area contributed by atoms with Crippen LogP contribution < -0.4 is 0 Å². The second kappa shape index (κ2) is 7.37. The van der Waals surface area contributed by atoms with Crippen LogP contribution in [0.2, 0.25) is 0 Å². The molecule has 3 heterocycles. The highest BCUT2D eigenvalue weighted by atomic mass is 32.1. The molecule has 0 N–H and O–H groups in total. The van der Waals surface area contributed by atoms with Gasteiger partial charge < -0.3 is 4.90 Å². The molecule has 0 aliphatic heterocycles. The first-order valence-corrected chi connectivity index (χ1v) is 9.70. The Morgan fingerprint density at radius 1 is 1.23 bits per heavy atom. The monoisotopic (exact) mass is 367 g/mol. The molecule has 0 unspecified atom stereocenters. The Labute approximate surface area is 156 Å². The number of carbonyl (C=O) groups is 1. The molecule has 134 valence electrons. The molecule has 0 radical (unpaired) electrons. The van der Waals surface area contributed by atoms with Crippen molar-refractivity contribution in [2.24, 2.45) is 0 Å². The standard InChI is InChI=1S/C19H21N5OS/c1-14-6-7-17(26-14)11-24(16-4-2-3-5-16)19(25)15-8-9-20-18(10-15)23-12-21-22-13-23/h6-10,12-13,16H,2-5,11H2,1H3. The van der Waals surface area contributed by atoms with Gasteiger partial charge in [-0.15, -0.1) is 21.5 Å². The molecule has 3 aromatic rings. The highest BCUT2D eigenvalue weighted by Gasteiger charge is 2.28. The first-order valence-electron chi connectivity index (χ1n) is 8.88. The third kappa shape index (κ3) is 3.53. The summed E-state index contributed by atoms with van der Waals surface area (Å²) in [6, 6.07) is 8.17. The van der Waals surface area contributed by atoms with Gasteiger partial charge in [-0.1, -0.05) is 12.8 Å². The van der Waals surface area contributed by atoms with Crippen molar-refractivity contribution in [3.8, 4) is 5.82 Å². The average Bonchev–Trinajstić information content (AvgIpc) is 3.41. The van der Waals surface area contributed by atoms with Gasteiger partial charge in [-0.3, -0.25) is 9.36 Å². The van der Waals surface area contributed by atoms with Crippen LogP contribution in [0.1, 0.15) is 45.8 Å². The zero-order valence-corrected chi connectivity index (χ0v) is 15.5. The van der Waals surface area contributed by atoms with Crippen molar-refractivity contribution in [2.75, 3.05) is 0 Å². The van der Waals surface area contributed by atoms with E-state index in [0.717, 1.165) is 12.8 Å². The molecule has 1 aliphatic rings. The van der Waals surface area contributed by atoms with Crippen LogP contribution in [0.15, 0.2) is 43.1 Å². The van der Waals surface area contributed by atoms with Gasteiger partial charge in [-0.2, -0.15) is 0 Å². The molecule has 1 amide bonds. The summed E-state index contributed by atoms with van der Waals surface area (Å²) in [6.45, 7) is 2.77. The predicted molar refractivity (Wildman–Crippen MR) is 100 cm³/mol. The van der Waals surface area contributed by atoms with Gasteiger partial charge in [-0.25, -0.2) is 4.98 Å². The summed E-state index contributed by atoms with van der Waals surface area (Å²) < 4.78 is 1.71. The van der Waals surface area contributed by atoms with Crippen molar-refractivity contribution in [1.29, 1.82) is 0 Å². The number of nitrogens with zero attached hydrogens (tertiary/aromatic N) is 5. The predicted octanol–water partition coefficient (Wildman–Crippen LogP) is 3.62. The maximum Gasteiger partial charge on any atom is 0.254 e. The molecule has 7 heteroatoms. The average molecular weight is 367 g/mol. The largest absolute Gasteiger partial charge is 0.331 e. The smallest absolute Gasteiger partial charge is 0.254 e. The maximum absolute atomic E-state index is 13.3. The lowest BCUT2D eigenvalue weighted by atomic mass is 10.1. The molecule has 26 heavy (non-hydrogen) atoms. The Balaban J connectivity index is 1.62. The number of hydrogen-bond donors (Lipinski definition) is 0. The lowest BCUT2D eigenvalue weighted by Gasteiger charge is -2.29. The van der Waals surface area contributed by atoms with Crippen molar-refractivity contribution in [3.05, 3.63) is 58.4 Å². The number of hydrogen-bond acceptors (Lipinski definition) is 5. The first kappa shape index (κ1) is 16.9. The van der Waals surface area contributed by atoms with E-state index in [1.165, 1.54) is 22.6 Å². The second-order valence-corrected chi connectivity index (χ2v) is 8.03. The molecule has 3 aromatic heterocycles. The maximum atomic E-state index is 13.3. The van der Waals surface area contributed by atoms with Gasteiger partial charge in [-0.05, 0) is 44.0 Å². The normalized spacial score (nSPS) is 14.7. The van der Waals surface area contributed by atoms with Crippen LogP contribution in [-0.2, 0) is 6.54 Å². The Kier molecular flexibility index (Phi) is 4.79. The number of thiophene rings is 1. The molecular formula is C19H21N5OS. The highest BCUT2D eigenvalue weighted by Crippen LogP contribution is 2.28. The molecule has 6 nitrogen and oxygen atoms in total. The van der Waals surface area contributed by atoms with Crippen molar-refractivity contribution in [2.45, 2.75) is 45.2 Å². The molecular weight excluding hydrogens is 346 g/mol. The van der Waals surface area contributed by atoms with Crippen LogP contribution in [0.4, 0.5) is 0 Å². The highest BCUT2D eigenvalue weighted by molar-refractivity contribution is 7.11. The van der Waals surface area contributed by atoms with Crippen molar-refractivity contribution < 1.29 is 4.79 Å². The van der Waals surface area contributed by atoms with Crippen LogP contribution in [0, 0.1) is 6.92 Å². The van der Waals surface area contributed by atoms with Crippen molar-refractivity contribution in [1.82, 2.24) is 24.6 Å². The molecule has 0 aromatic carbocycles. The van der Waals surface area contributed by atoms with E-state index in [1.54, 1.807) is 40.8 Å². The summed E-state index contributed by atoms with van der Waals surface area (Å²) in [6.07, 6.45) is 9.39. The topological polar surface area (TPSA) is 63.9 Å². The van der Waals surface area contributed by atoms with Crippen molar-refractivity contribution >= 4 is 17.2 Å². The molecule has 1 saturated carbocycles. The Morgan fingerprint density at radius 2 is 2.00 bits per heavy atom. The van der Waals surface area contributed by atoms with Crippen LogP contribution in [0.3, 0.4) is 0 Å². The first-order chi connectivity index (χ1) is 12.7. The molecule has 0 spiro atoms. The summed E-state index contributed by atoms with van der Waals surface area (Å²) in [5, 5.41) is 7.62. The molecule has 1 aliphatic carbocycles. The number of pyridine rings is 1. The zero-order valence-electron chi connectivity index (χ0n) is 14.7. The Morgan fingerprint density at radius 3 is 2.69 bits per heavy atom. The van der Waals surface area contributed by atoms with E-state index < -0.39 is 0 Å². The Hall–Kier alpha value is -2.54. The van der Waals surface area contributed by atoms with E-state index in [0.29, 0.717) is 24.0 Å². The van der Waals surface area contributed by atoms with Gasteiger partial charge in [0.05, 0.1) is 6.54 Å². The second-order valence-electron chi connectivity index (χ2n) is 6.66. The van der Waals surface area contributed by atoms with Gasteiger partial charge >= 0.3 is 0 Å². The van der Waals surface area contributed by atoms with Gasteiger partial charge in [0.2, 0.25) is 0 Å². The summed E-state index contributed by atoms with van der Waals surface area (Å²) in [7, 11) is 0. The third-order valence-electron chi connectivity index (χ3n) is 4.82. The minimum Gasteiger partial charge on any atom is -0.331 e. The quantitative estimate of drug-likeness (QED) is 0.691. The van der Waals surface area contributed by atoms with Crippen LogP contribution >= 0.6 is 11.3 Å². The molecule has 0 bridgehead atoms. The SMILES string of the molecule is Cc1ccc(CN(C(=O)c2ccnc(-n3cnnc3)c2)C2CCCC2)s1. The summed E-state index contributed by atoms with van der Waals surface area (Å²) >= 11 is 1.76. The van der Waals surface area contributed by atoms with Crippen LogP contribution in [0.5, 0.6) is 0 Å². The lowest BCUT2D eigenvalue weighted by Crippen LogP contribution is -2.38. The fourth-order valence-electron chi connectivity index (χ4n) is 3.50. The van der Waals surface area contributed by atoms with Gasteiger partial charge in [0, 0.05) is 27.6 Å². The van der Waals surface area contributed by atoms with Crippen LogP contribution in [-0.4, -0.2) is 36.6 Å². The number of rotatable bonds is 5. The Bertz CT molecular complexity index is 883. The minimum absolute atomic E-state index is 0.0691. The summed E-state index contributed by atoms with van der Waals surface area (Å²) in [5.74, 6) is 0.721. The fourth-order valence-corrected chi connectivity index (χ4v) is 4.39. The van der Waals surface area contributed by atoms with E-state index in [1.807, 2.05) is 11.0 Å². The van der Waals surface area contributed by atoms with E-state index in [4.69, 9.17) is 0 Å². The number of aryl methyl sites for hydroxylation is 1. The summed E-state index contributed by atoms with van der Waals surface area (Å²) in [5.41, 5.74) is 0.656. The molecule has 0 saturated heterocycles. The number of carbonyl (C=O) groups excluding carboxylic acids is 1. The molecule has 4 rings (SSSR count). The van der Waals surface area contributed by atoms with Gasteiger partial charge in [0.15, 0.2) is 0 Å². The van der Waals surface area contributed by atoms with Crippen molar-refractivity contribution in [3.63, 3.8) is 0 Å². The summed E-state index contributed by atoms with van der Waals surface area (Å²) in [4.78, 5) is 22.2. The number of amides is 1. The van der Waals surface area contributed by atoms with E-state index in [-0.39, 0.29) is 5.91 Å². The third-order valence-corrected chi connectivity index (χ3v) is 5.81.